The molecule has 0 aromatic carbocycles. The Balaban J connectivity index is 1.90. The third kappa shape index (κ3) is 2.10. The molecule has 1 aliphatic heterocycles. The van der Waals surface area contributed by atoms with Crippen molar-refractivity contribution in [2.45, 2.75) is 32.4 Å². The Morgan fingerprint density at radius 1 is 1.64 bits per heavy atom. The first-order chi connectivity index (χ1) is 6.78. The van der Waals surface area contributed by atoms with E-state index in [1.165, 1.54) is 0 Å². The average Bonchev–Trinajstić information content (AvgIpc) is 2.76. The first-order valence-electron chi connectivity index (χ1n) is 5.00. The molecule has 5 nitrogen and oxygen atoms in total. The zero-order valence-corrected chi connectivity index (χ0v) is 8.31. The van der Waals surface area contributed by atoms with E-state index in [1.54, 1.807) is 0 Å². The fraction of sp³-hybridized carbons (Fsp3) is 0.778. The van der Waals surface area contributed by atoms with Crippen LogP contribution in [0.15, 0.2) is 4.52 Å². The number of hydrogen-bond donors (Lipinski definition) is 1. The maximum absolute atomic E-state index is 9.32. The number of aliphatic hydroxyl groups excluding tert-OH is 1. The van der Waals surface area contributed by atoms with Crippen LogP contribution in [0.3, 0.4) is 0 Å². The molecule has 1 fully saturated rings. The molecule has 0 unspecified atom stereocenters. The molecule has 14 heavy (non-hydrogen) atoms. The summed E-state index contributed by atoms with van der Waals surface area (Å²) >= 11 is 0. The molecule has 0 bridgehead atoms. The van der Waals surface area contributed by atoms with Crippen molar-refractivity contribution in [1.82, 2.24) is 15.0 Å². The molecule has 1 saturated heterocycles. The van der Waals surface area contributed by atoms with Crippen LogP contribution in [0.5, 0.6) is 0 Å². The van der Waals surface area contributed by atoms with Gasteiger partial charge in [-0.25, -0.2) is 0 Å². The molecule has 1 aliphatic rings. The van der Waals surface area contributed by atoms with Crippen molar-refractivity contribution >= 4 is 0 Å². The number of β-amino-alcohol motifs (C(OH)–C–C–N with tert-alkyl or cyclic N) is 1. The van der Waals surface area contributed by atoms with E-state index in [0.29, 0.717) is 12.4 Å². The van der Waals surface area contributed by atoms with Gasteiger partial charge in [-0.1, -0.05) is 12.1 Å². The lowest BCUT2D eigenvalue weighted by molar-refractivity contribution is 0.173. The second-order valence-electron chi connectivity index (χ2n) is 3.64. The van der Waals surface area contributed by atoms with Crippen LogP contribution >= 0.6 is 0 Å². The molecule has 1 aromatic heterocycles. The maximum Gasteiger partial charge on any atom is 0.226 e. The van der Waals surface area contributed by atoms with E-state index >= 15 is 0 Å². The molecule has 0 spiro atoms. The Morgan fingerprint density at radius 2 is 2.50 bits per heavy atom. The molecule has 1 aromatic rings. The predicted molar refractivity (Wildman–Crippen MR) is 49.6 cm³/mol. The molecule has 1 atom stereocenters. The van der Waals surface area contributed by atoms with E-state index in [0.717, 1.165) is 31.8 Å². The highest BCUT2D eigenvalue weighted by Gasteiger charge is 2.21. The normalized spacial score (nSPS) is 23.1. The molecular weight excluding hydrogens is 182 g/mol. The molecule has 0 saturated carbocycles. The summed E-state index contributed by atoms with van der Waals surface area (Å²) in [4.78, 5) is 6.35. The van der Waals surface area contributed by atoms with E-state index < -0.39 is 0 Å². The van der Waals surface area contributed by atoms with Crippen LogP contribution in [-0.2, 0) is 13.0 Å². The van der Waals surface area contributed by atoms with Crippen molar-refractivity contribution in [3.63, 3.8) is 0 Å². The van der Waals surface area contributed by atoms with Gasteiger partial charge in [0, 0.05) is 19.5 Å². The van der Waals surface area contributed by atoms with Gasteiger partial charge in [0.1, 0.15) is 0 Å². The van der Waals surface area contributed by atoms with Gasteiger partial charge in [0.05, 0.1) is 12.6 Å². The van der Waals surface area contributed by atoms with Gasteiger partial charge in [-0.15, -0.1) is 0 Å². The molecule has 2 heterocycles. The Kier molecular flexibility index (Phi) is 2.79. The van der Waals surface area contributed by atoms with Crippen molar-refractivity contribution in [1.29, 1.82) is 0 Å². The van der Waals surface area contributed by atoms with Crippen molar-refractivity contribution in [2.75, 3.05) is 13.1 Å². The van der Waals surface area contributed by atoms with Crippen molar-refractivity contribution in [2.24, 2.45) is 0 Å². The van der Waals surface area contributed by atoms with Gasteiger partial charge in [-0.05, 0) is 6.42 Å². The van der Waals surface area contributed by atoms with Gasteiger partial charge in [0.2, 0.25) is 5.89 Å². The van der Waals surface area contributed by atoms with Crippen LogP contribution in [0, 0.1) is 0 Å². The maximum atomic E-state index is 9.32. The lowest BCUT2D eigenvalue weighted by Gasteiger charge is -2.10. The summed E-state index contributed by atoms with van der Waals surface area (Å²) in [6.07, 6.45) is 1.43. The molecule has 0 amide bonds. The number of aliphatic hydroxyl groups is 1. The summed E-state index contributed by atoms with van der Waals surface area (Å²) in [5.74, 6) is 1.40. The third-order valence-corrected chi connectivity index (χ3v) is 2.43. The SMILES string of the molecule is CCc1nc(CN2CC[C@@H](O)C2)no1. The van der Waals surface area contributed by atoms with Gasteiger partial charge in [-0.2, -0.15) is 4.98 Å². The second-order valence-corrected chi connectivity index (χ2v) is 3.64. The van der Waals surface area contributed by atoms with Crippen LogP contribution in [-0.4, -0.2) is 39.3 Å². The van der Waals surface area contributed by atoms with Crippen LogP contribution in [0.4, 0.5) is 0 Å². The number of aromatic nitrogens is 2. The number of nitrogens with zero attached hydrogens (tertiary/aromatic N) is 3. The number of aryl methyl sites for hydroxylation is 1. The number of rotatable bonds is 3. The zero-order chi connectivity index (χ0) is 9.97. The minimum absolute atomic E-state index is 0.187. The second kappa shape index (κ2) is 4.06. The average molecular weight is 197 g/mol. The lowest BCUT2D eigenvalue weighted by atomic mass is 10.3. The van der Waals surface area contributed by atoms with Crippen LogP contribution in [0.25, 0.3) is 0 Å². The third-order valence-electron chi connectivity index (χ3n) is 2.43. The van der Waals surface area contributed by atoms with E-state index in [4.69, 9.17) is 4.52 Å². The Morgan fingerprint density at radius 3 is 3.07 bits per heavy atom. The molecule has 78 valence electrons. The van der Waals surface area contributed by atoms with Crippen LogP contribution < -0.4 is 0 Å². The van der Waals surface area contributed by atoms with Crippen molar-refractivity contribution < 1.29 is 9.63 Å². The molecule has 0 aliphatic carbocycles. The van der Waals surface area contributed by atoms with Gasteiger partial charge < -0.3 is 9.63 Å². The predicted octanol–water partition coefficient (Wildman–Crippen LogP) is 0.199. The highest BCUT2D eigenvalue weighted by atomic mass is 16.5. The van der Waals surface area contributed by atoms with Gasteiger partial charge in [-0.3, -0.25) is 4.90 Å². The molecular formula is C9H15N3O2. The van der Waals surface area contributed by atoms with Gasteiger partial charge >= 0.3 is 0 Å². The highest BCUT2D eigenvalue weighted by Crippen LogP contribution is 2.11. The largest absolute Gasteiger partial charge is 0.392 e. The minimum atomic E-state index is -0.187. The Labute approximate surface area is 82.7 Å². The molecule has 1 N–H and O–H groups in total. The number of hydrogen-bond acceptors (Lipinski definition) is 5. The topological polar surface area (TPSA) is 62.4 Å². The standard InChI is InChI=1S/C9H15N3O2/c1-2-9-10-8(11-14-9)6-12-4-3-7(13)5-12/h7,13H,2-6H2,1H3/t7-/m1/s1. The van der Waals surface area contributed by atoms with Crippen molar-refractivity contribution in [3.8, 4) is 0 Å². The summed E-state index contributed by atoms with van der Waals surface area (Å²) in [6.45, 7) is 4.30. The van der Waals surface area contributed by atoms with Gasteiger partial charge in [0.15, 0.2) is 5.82 Å². The molecule has 2 rings (SSSR count). The first kappa shape index (κ1) is 9.61. The quantitative estimate of drug-likeness (QED) is 0.750. The van der Waals surface area contributed by atoms with E-state index in [9.17, 15) is 5.11 Å². The smallest absolute Gasteiger partial charge is 0.226 e. The van der Waals surface area contributed by atoms with E-state index in [-0.39, 0.29) is 6.10 Å². The highest BCUT2D eigenvalue weighted by molar-refractivity contribution is 4.87. The summed E-state index contributed by atoms with van der Waals surface area (Å²) in [6, 6.07) is 0. The van der Waals surface area contributed by atoms with Crippen LogP contribution in [0.2, 0.25) is 0 Å². The fourth-order valence-electron chi connectivity index (χ4n) is 1.65. The summed E-state index contributed by atoms with van der Waals surface area (Å²) < 4.78 is 5.00. The van der Waals surface area contributed by atoms with Crippen LogP contribution in [0.1, 0.15) is 25.1 Å². The number of likely N-dealkylation sites (tertiary alicyclic amines) is 1. The summed E-state index contributed by atoms with van der Waals surface area (Å²) in [7, 11) is 0. The van der Waals surface area contributed by atoms with E-state index in [1.807, 2.05) is 6.92 Å². The summed E-state index contributed by atoms with van der Waals surface area (Å²) in [5.41, 5.74) is 0. The monoisotopic (exact) mass is 197 g/mol. The summed E-state index contributed by atoms with van der Waals surface area (Å²) in [5, 5.41) is 13.2. The minimum Gasteiger partial charge on any atom is -0.392 e. The molecule has 0 radical (unpaired) electrons. The van der Waals surface area contributed by atoms with Crippen molar-refractivity contribution in [3.05, 3.63) is 11.7 Å². The lowest BCUT2D eigenvalue weighted by Crippen LogP contribution is -2.22. The first-order valence-corrected chi connectivity index (χ1v) is 5.00. The zero-order valence-electron chi connectivity index (χ0n) is 8.31. The Hall–Kier alpha value is -0.940. The fourth-order valence-corrected chi connectivity index (χ4v) is 1.65. The molecule has 5 heteroatoms. The Bertz CT molecular complexity index is 300. The van der Waals surface area contributed by atoms with Gasteiger partial charge in [0.25, 0.3) is 0 Å². The van der Waals surface area contributed by atoms with E-state index in [2.05, 4.69) is 15.0 Å².